The number of alkyl halides is 3. The molecule has 1 saturated heterocycles. The predicted molar refractivity (Wildman–Crippen MR) is 120 cm³/mol. The normalized spacial score (nSPS) is 14.1. The van der Waals surface area contributed by atoms with Crippen LogP contribution < -0.4 is 10.2 Å². The number of benzene rings is 2. The quantitative estimate of drug-likeness (QED) is 0.430. The number of H-pyrrole nitrogens is 1. The van der Waals surface area contributed by atoms with Crippen LogP contribution in [0.3, 0.4) is 0 Å². The van der Waals surface area contributed by atoms with Crippen LogP contribution in [-0.2, 0) is 6.18 Å². The average molecular weight is 451 g/mol. The number of aromatic nitrogens is 3. The molecule has 2 aromatic heterocycles. The fourth-order valence-corrected chi connectivity index (χ4v) is 4.11. The third-order valence-electron chi connectivity index (χ3n) is 5.70. The van der Waals surface area contributed by atoms with Gasteiger partial charge in [0.15, 0.2) is 0 Å². The van der Waals surface area contributed by atoms with Crippen molar-refractivity contribution in [2.75, 3.05) is 23.3 Å². The topological polar surface area (TPSA) is 73.9 Å². The number of carbonyl (C=O) groups is 1. The lowest BCUT2D eigenvalue weighted by Crippen LogP contribution is -2.19. The molecule has 6 nitrogen and oxygen atoms in total. The van der Waals surface area contributed by atoms with Gasteiger partial charge in [-0.1, -0.05) is 12.1 Å². The number of imidazole rings is 1. The van der Waals surface area contributed by atoms with Crippen molar-refractivity contribution in [2.24, 2.45) is 0 Å². The second-order valence-corrected chi connectivity index (χ2v) is 7.88. The largest absolute Gasteiger partial charge is 0.417 e. The standard InChI is InChI=1S/C24H20F3N5O/c25-24(26,27)18-14-15(32-12-3-4-13-32)9-10-16(18)22-29-19-7-5-6-17(21(19)31-22)23(33)30-20-8-1-2-11-28-20/h1-2,5-11,14H,3-4,12-13H2,(H,29,31)(H,28,30,33). The van der Waals surface area contributed by atoms with Crippen LogP contribution in [0.4, 0.5) is 24.7 Å². The molecule has 1 aliphatic heterocycles. The van der Waals surface area contributed by atoms with Crippen LogP contribution in [0.2, 0.25) is 0 Å². The second-order valence-electron chi connectivity index (χ2n) is 7.88. The summed E-state index contributed by atoms with van der Waals surface area (Å²) in [5.41, 5.74) is 0.731. The fourth-order valence-electron chi connectivity index (χ4n) is 4.11. The Labute approximate surface area is 187 Å². The molecule has 2 N–H and O–H groups in total. The molecule has 3 heterocycles. The third-order valence-corrected chi connectivity index (χ3v) is 5.70. The maximum Gasteiger partial charge on any atom is 0.417 e. The van der Waals surface area contributed by atoms with Crippen LogP contribution in [0.5, 0.6) is 0 Å². The van der Waals surface area contributed by atoms with E-state index in [1.165, 1.54) is 12.1 Å². The van der Waals surface area contributed by atoms with E-state index in [0.717, 1.165) is 25.9 Å². The van der Waals surface area contributed by atoms with Gasteiger partial charge in [-0.2, -0.15) is 13.2 Å². The highest BCUT2D eigenvalue weighted by atomic mass is 19.4. The van der Waals surface area contributed by atoms with E-state index in [1.807, 2.05) is 4.90 Å². The van der Waals surface area contributed by atoms with Gasteiger partial charge in [0.25, 0.3) is 5.91 Å². The first-order valence-electron chi connectivity index (χ1n) is 10.6. The maximum atomic E-state index is 14.0. The number of nitrogens with one attached hydrogen (secondary N) is 2. The van der Waals surface area contributed by atoms with E-state index in [2.05, 4.69) is 20.3 Å². The molecule has 1 fully saturated rings. The van der Waals surface area contributed by atoms with Crippen molar-refractivity contribution in [3.05, 3.63) is 71.9 Å². The molecule has 0 unspecified atom stereocenters. The van der Waals surface area contributed by atoms with E-state index < -0.39 is 17.6 Å². The number of aromatic amines is 1. The first-order chi connectivity index (χ1) is 15.9. The first-order valence-corrected chi connectivity index (χ1v) is 10.6. The molecule has 4 aromatic rings. The minimum Gasteiger partial charge on any atom is -0.372 e. The van der Waals surface area contributed by atoms with Crippen LogP contribution in [0.1, 0.15) is 28.8 Å². The van der Waals surface area contributed by atoms with Crippen LogP contribution in [-0.4, -0.2) is 33.9 Å². The molecule has 0 aliphatic carbocycles. The summed E-state index contributed by atoms with van der Waals surface area (Å²) in [7, 11) is 0. The highest BCUT2D eigenvalue weighted by Gasteiger charge is 2.35. The van der Waals surface area contributed by atoms with Crippen LogP contribution >= 0.6 is 0 Å². The summed E-state index contributed by atoms with van der Waals surface area (Å²) < 4.78 is 41.9. The van der Waals surface area contributed by atoms with Crippen molar-refractivity contribution >= 4 is 28.4 Å². The smallest absolute Gasteiger partial charge is 0.372 e. The van der Waals surface area contributed by atoms with Crippen molar-refractivity contribution in [1.82, 2.24) is 15.0 Å². The lowest BCUT2D eigenvalue weighted by Gasteiger charge is -2.20. The van der Waals surface area contributed by atoms with Crippen molar-refractivity contribution in [2.45, 2.75) is 19.0 Å². The van der Waals surface area contributed by atoms with Gasteiger partial charge < -0.3 is 15.2 Å². The van der Waals surface area contributed by atoms with E-state index >= 15 is 0 Å². The number of hydrogen-bond donors (Lipinski definition) is 2. The zero-order chi connectivity index (χ0) is 23.0. The van der Waals surface area contributed by atoms with Crippen LogP contribution in [0.25, 0.3) is 22.4 Å². The molecular weight excluding hydrogens is 431 g/mol. The summed E-state index contributed by atoms with van der Waals surface area (Å²) in [5, 5.41) is 2.68. The number of fused-ring (bicyclic) bond motifs is 1. The highest BCUT2D eigenvalue weighted by molar-refractivity contribution is 6.11. The summed E-state index contributed by atoms with van der Waals surface area (Å²) in [6, 6.07) is 14.3. The Morgan fingerprint density at radius 2 is 1.85 bits per heavy atom. The van der Waals surface area contributed by atoms with Gasteiger partial charge in [0, 0.05) is 30.5 Å². The fraction of sp³-hybridized carbons (Fsp3) is 0.208. The summed E-state index contributed by atoms with van der Waals surface area (Å²) in [6.07, 6.45) is -1.07. The van der Waals surface area contributed by atoms with Gasteiger partial charge >= 0.3 is 6.18 Å². The molecule has 1 amide bonds. The Bertz CT molecular complexity index is 1310. The van der Waals surface area contributed by atoms with E-state index in [4.69, 9.17) is 0 Å². The third kappa shape index (κ3) is 4.13. The van der Waals surface area contributed by atoms with Crippen molar-refractivity contribution in [3.63, 3.8) is 0 Å². The van der Waals surface area contributed by atoms with Gasteiger partial charge in [-0.05, 0) is 55.3 Å². The van der Waals surface area contributed by atoms with Gasteiger partial charge in [0.05, 0.1) is 16.6 Å². The molecule has 1 aliphatic rings. The zero-order valence-corrected chi connectivity index (χ0v) is 17.5. The second kappa shape index (κ2) is 8.23. The van der Waals surface area contributed by atoms with E-state index in [0.29, 0.717) is 17.0 Å². The Kier molecular flexibility index (Phi) is 5.24. The number of amides is 1. The van der Waals surface area contributed by atoms with E-state index in [1.54, 1.807) is 48.7 Å². The summed E-state index contributed by atoms with van der Waals surface area (Å²) in [4.78, 5) is 26.2. The summed E-state index contributed by atoms with van der Waals surface area (Å²) >= 11 is 0. The van der Waals surface area contributed by atoms with Gasteiger partial charge in [-0.15, -0.1) is 0 Å². The molecule has 0 bridgehead atoms. The minimum absolute atomic E-state index is 0.0577. The number of carbonyl (C=O) groups excluding carboxylic acids is 1. The van der Waals surface area contributed by atoms with E-state index in [9.17, 15) is 18.0 Å². The Balaban J connectivity index is 1.55. The first kappa shape index (κ1) is 21.0. The Morgan fingerprint density at radius 3 is 2.58 bits per heavy atom. The van der Waals surface area contributed by atoms with E-state index in [-0.39, 0.29) is 22.5 Å². The minimum atomic E-state index is -4.55. The molecule has 5 rings (SSSR count). The molecule has 0 radical (unpaired) electrons. The summed E-state index contributed by atoms with van der Waals surface area (Å²) in [5.74, 6) is -0.0201. The average Bonchev–Trinajstić information content (AvgIpc) is 3.48. The van der Waals surface area contributed by atoms with Gasteiger partial charge in [0.1, 0.15) is 17.2 Å². The molecule has 0 spiro atoms. The molecule has 33 heavy (non-hydrogen) atoms. The highest BCUT2D eigenvalue weighted by Crippen LogP contribution is 2.39. The van der Waals surface area contributed by atoms with Gasteiger partial charge in [0.2, 0.25) is 0 Å². The van der Waals surface area contributed by atoms with Gasteiger partial charge in [-0.3, -0.25) is 4.79 Å². The number of nitrogens with zero attached hydrogens (tertiary/aromatic N) is 3. The monoisotopic (exact) mass is 451 g/mol. The van der Waals surface area contributed by atoms with Crippen molar-refractivity contribution in [3.8, 4) is 11.4 Å². The van der Waals surface area contributed by atoms with Crippen LogP contribution in [0, 0.1) is 0 Å². The number of para-hydroxylation sites is 1. The molecule has 9 heteroatoms. The lowest BCUT2D eigenvalue weighted by molar-refractivity contribution is -0.137. The Morgan fingerprint density at radius 1 is 1.03 bits per heavy atom. The number of halogens is 3. The predicted octanol–water partition coefficient (Wildman–Crippen LogP) is 5.50. The lowest BCUT2D eigenvalue weighted by atomic mass is 10.0. The number of rotatable bonds is 4. The Hall–Kier alpha value is -3.88. The molecule has 2 aromatic carbocycles. The number of anilines is 2. The summed E-state index contributed by atoms with van der Waals surface area (Å²) in [6.45, 7) is 1.49. The van der Waals surface area contributed by atoms with Crippen molar-refractivity contribution in [1.29, 1.82) is 0 Å². The molecule has 168 valence electrons. The maximum absolute atomic E-state index is 14.0. The molecular formula is C24H20F3N5O. The zero-order valence-electron chi connectivity index (χ0n) is 17.5. The molecule has 0 atom stereocenters. The van der Waals surface area contributed by atoms with Crippen molar-refractivity contribution < 1.29 is 18.0 Å². The number of hydrogen-bond acceptors (Lipinski definition) is 4. The SMILES string of the molecule is O=C(Nc1ccccn1)c1cccc2[nH]c(-c3ccc(N4CCCC4)cc3C(F)(F)F)nc12. The van der Waals surface area contributed by atoms with Gasteiger partial charge in [-0.25, -0.2) is 9.97 Å². The number of pyridine rings is 1. The molecule has 0 saturated carbocycles. The van der Waals surface area contributed by atoms with Crippen LogP contribution in [0.15, 0.2) is 60.8 Å².